The topological polar surface area (TPSA) is 63.1 Å². The lowest BCUT2D eigenvalue weighted by atomic mass is 10.1. The fraction of sp³-hybridized carbons (Fsp3) is 0.167. The number of carbonyl (C=O) groups excluding carboxylic acids is 2. The fourth-order valence-electron chi connectivity index (χ4n) is 3.76. The van der Waals surface area contributed by atoms with Crippen LogP contribution < -0.4 is 10.6 Å². The summed E-state index contributed by atoms with van der Waals surface area (Å²) in [5, 5.41) is 7.83. The van der Waals surface area contributed by atoms with Gasteiger partial charge in [0.2, 0.25) is 5.91 Å². The van der Waals surface area contributed by atoms with Crippen molar-refractivity contribution in [3.63, 3.8) is 0 Å². The van der Waals surface area contributed by atoms with Crippen molar-refractivity contribution >= 4 is 39.3 Å². The number of nitrogens with zero attached hydrogens (tertiary/aromatic N) is 1. The molecule has 5 nitrogen and oxygen atoms in total. The summed E-state index contributed by atoms with van der Waals surface area (Å²) in [6, 6.07) is 21.5. The predicted molar refractivity (Wildman–Crippen MR) is 117 cm³/mol. The van der Waals surface area contributed by atoms with Gasteiger partial charge in [0.15, 0.2) is 0 Å². The third-order valence-corrected chi connectivity index (χ3v) is 5.17. The molecule has 4 rings (SSSR count). The molecule has 0 atom stereocenters. The molecule has 3 aromatic carbocycles. The molecule has 146 valence electrons. The fourth-order valence-corrected chi connectivity index (χ4v) is 3.76. The van der Waals surface area contributed by atoms with Crippen LogP contribution in [0.2, 0.25) is 0 Å². The van der Waals surface area contributed by atoms with Crippen LogP contribution in [0.25, 0.3) is 21.8 Å². The van der Waals surface area contributed by atoms with Gasteiger partial charge in [-0.05, 0) is 49.7 Å². The highest BCUT2D eigenvalue weighted by Gasteiger charge is 2.12. The van der Waals surface area contributed by atoms with Crippen LogP contribution >= 0.6 is 0 Å². The molecule has 0 spiro atoms. The summed E-state index contributed by atoms with van der Waals surface area (Å²) in [5.41, 5.74) is 4.49. The Kier molecular flexibility index (Phi) is 5.04. The van der Waals surface area contributed by atoms with Crippen LogP contribution in [0, 0.1) is 6.92 Å². The first-order valence-corrected chi connectivity index (χ1v) is 9.73. The zero-order valence-corrected chi connectivity index (χ0v) is 16.5. The van der Waals surface area contributed by atoms with Gasteiger partial charge in [0.25, 0.3) is 5.91 Å². The lowest BCUT2D eigenvalue weighted by molar-refractivity contribution is -0.115. The van der Waals surface area contributed by atoms with E-state index in [2.05, 4.69) is 34.3 Å². The van der Waals surface area contributed by atoms with E-state index < -0.39 is 0 Å². The molecule has 0 saturated carbocycles. The van der Waals surface area contributed by atoms with E-state index >= 15 is 0 Å². The number of carbonyl (C=O) groups is 2. The smallest absolute Gasteiger partial charge is 0.251 e. The van der Waals surface area contributed by atoms with Gasteiger partial charge < -0.3 is 15.2 Å². The molecule has 0 aliphatic rings. The van der Waals surface area contributed by atoms with Gasteiger partial charge in [0.05, 0.1) is 6.54 Å². The van der Waals surface area contributed by atoms with Crippen LogP contribution in [0.1, 0.15) is 22.8 Å². The monoisotopic (exact) mass is 385 g/mol. The summed E-state index contributed by atoms with van der Waals surface area (Å²) in [4.78, 5) is 24.6. The molecule has 0 fully saturated rings. The van der Waals surface area contributed by atoms with Crippen molar-refractivity contribution in [3.05, 3.63) is 77.9 Å². The number of para-hydroxylation sites is 1. The van der Waals surface area contributed by atoms with E-state index in [4.69, 9.17) is 0 Å². The summed E-state index contributed by atoms with van der Waals surface area (Å²) in [6.45, 7) is 4.79. The zero-order chi connectivity index (χ0) is 20.4. The second kappa shape index (κ2) is 7.80. The molecule has 29 heavy (non-hydrogen) atoms. The van der Waals surface area contributed by atoms with Crippen LogP contribution in [0.3, 0.4) is 0 Å². The maximum Gasteiger partial charge on any atom is 0.251 e. The first-order valence-electron chi connectivity index (χ1n) is 9.73. The van der Waals surface area contributed by atoms with E-state index in [1.807, 2.05) is 55.5 Å². The highest BCUT2D eigenvalue weighted by molar-refractivity contribution is 6.10. The van der Waals surface area contributed by atoms with Crippen molar-refractivity contribution in [2.45, 2.75) is 20.4 Å². The Morgan fingerprint density at radius 1 is 0.897 bits per heavy atom. The minimum Gasteiger partial charge on any atom is -0.343 e. The molecule has 0 aliphatic heterocycles. The van der Waals surface area contributed by atoms with E-state index in [1.165, 1.54) is 5.52 Å². The number of hydrogen-bond donors (Lipinski definition) is 2. The van der Waals surface area contributed by atoms with Gasteiger partial charge in [-0.25, -0.2) is 0 Å². The number of nitrogens with one attached hydrogen (secondary N) is 2. The number of amides is 2. The quantitative estimate of drug-likeness (QED) is 0.532. The molecule has 0 radical (unpaired) electrons. The van der Waals surface area contributed by atoms with Gasteiger partial charge in [0.1, 0.15) is 0 Å². The van der Waals surface area contributed by atoms with Gasteiger partial charge in [-0.1, -0.05) is 36.4 Å². The number of rotatable bonds is 5. The Labute approximate surface area is 169 Å². The number of fused-ring (bicyclic) bond motifs is 3. The Hall–Kier alpha value is -3.60. The van der Waals surface area contributed by atoms with E-state index in [0.29, 0.717) is 11.3 Å². The highest BCUT2D eigenvalue weighted by Crippen LogP contribution is 2.30. The van der Waals surface area contributed by atoms with Crippen LogP contribution in [0.4, 0.5) is 5.69 Å². The number of hydrogen-bond acceptors (Lipinski definition) is 2. The van der Waals surface area contributed by atoms with Gasteiger partial charge in [-0.3, -0.25) is 9.59 Å². The molecular formula is C24H23N3O2. The first kappa shape index (κ1) is 18.7. The minimum atomic E-state index is -0.259. The lowest BCUT2D eigenvalue weighted by Gasteiger charge is -2.09. The van der Waals surface area contributed by atoms with Gasteiger partial charge in [0, 0.05) is 39.6 Å². The molecule has 2 N–H and O–H groups in total. The van der Waals surface area contributed by atoms with Crippen molar-refractivity contribution in [3.8, 4) is 0 Å². The van der Waals surface area contributed by atoms with Crippen LogP contribution in [-0.2, 0) is 11.3 Å². The van der Waals surface area contributed by atoms with E-state index in [1.54, 1.807) is 6.07 Å². The maximum atomic E-state index is 12.4. The minimum absolute atomic E-state index is 0.0814. The third-order valence-electron chi connectivity index (χ3n) is 5.17. The highest BCUT2D eigenvalue weighted by atomic mass is 16.2. The molecule has 5 heteroatoms. The van der Waals surface area contributed by atoms with Crippen molar-refractivity contribution in [1.29, 1.82) is 0 Å². The Balaban J connectivity index is 1.51. The molecule has 4 aromatic rings. The Morgan fingerprint density at radius 2 is 1.62 bits per heavy atom. The Bertz CT molecular complexity index is 1220. The molecule has 0 saturated heterocycles. The molecule has 0 unspecified atom stereocenters. The first-order chi connectivity index (χ1) is 14.1. The van der Waals surface area contributed by atoms with E-state index in [-0.39, 0.29) is 18.4 Å². The van der Waals surface area contributed by atoms with Crippen molar-refractivity contribution in [2.75, 3.05) is 11.9 Å². The predicted octanol–water partition coefficient (Wildman–Crippen LogP) is 4.49. The molecule has 2 amide bonds. The summed E-state index contributed by atoms with van der Waals surface area (Å²) in [7, 11) is 0. The number of anilines is 1. The average molecular weight is 385 g/mol. The largest absolute Gasteiger partial charge is 0.343 e. The van der Waals surface area contributed by atoms with Gasteiger partial charge >= 0.3 is 0 Å². The van der Waals surface area contributed by atoms with E-state index in [9.17, 15) is 9.59 Å². The molecular weight excluding hydrogens is 362 g/mol. The van der Waals surface area contributed by atoms with Crippen LogP contribution in [-0.4, -0.2) is 22.9 Å². The summed E-state index contributed by atoms with van der Waals surface area (Å²) >= 11 is 0. The van der Waals surface area contributed by atoms with E-state index in [0.717, 1.165) is 28.4 Å². The average Bonchev–Trinajstić information content (AvgIpc) is 3.05. The second-order valence-electron chi connectivity index (χ2n) is 7.04. The number of benzene rings is 3. The summed E-state index contributed by atoms with van der Waals surface area (Å²) in [5.74, 6) is -0.509. The molecule has 0 aliphatic carbocycles. The normalized spacial score (nSPS) is 11.0. The number of aryl methyl sites for hydroxylation is 2. The van der Waals surface area contributed by atoms with Crippen molar-refractivity contribution in [2.24, 2.45) is 0 Å². The molecule has 0 bridgehead atoms. The summed E-state index contributed by atoms with van der Waals surface area (Å²) < 4.78 is 2.26. The molecule has 1 aromatic heterocycles. The molecule has 1 heterocycles. The van der Waals surface area contributed by atoms with Crippen molar-refractivity contribution < 1.29 is 9.59 Å². The van der Waals surface area contributed by atoms with Crippen LogP contribution in [0.15, 0.2) is 66.7 Å². The van der Waals surface area contributed by atoms with Crippen LogP contribution in [0.5, 0.6) is 0 Å². The SMILES string of the molecule is CCn1c2ccccc2c2cc(NC(=O)CNC(=O)c3ccccc3C)ccc21. The second-order valence-corrected chi connectivity index (χ2v) is 7.04. The van der Waals surface area contributed by atoms with Crippen molar-refractivity contribution in [1.82, 2.24) is 9.88 Å². The van der Waals surface area contributed by atoms with Gasteiger partial charge in [-0.15, -0.1) is 0 Å². The Morgan fingerprint density at radius 3 is 2.41 bits per heavy atom. The number of aromatic nitrogens is 1. The van der Waals surface area contributed by atoms with Gasteiger partial charge in [-0.2, -0.15) is 0 Å². The summed E-state index contributed by atoms with van der Waals surface area (Å²) in [6.07, 6.45) is 0. The standard InChI is InChI=1S/C24H23N3O2/c1-3-27-21-11-7-6-10-19(21)20-14-17(12-13-22(20)27)26-23(28)15-25-24(29)18-9-5-4-8-16(18)2/h4-14H,3,15H2,1-2H3,(H,25,29)(H,26,28). The lowest BCUT2D eigenvalue weighted by Crippen LogP contribution is -2.33. The zero-order valence-electron chi connectivity index (χ0n) is 16.5. The third kappa shape index (κ3) is 3.59. The maximum absolute atomic E-state index is 12.4.